The molecular formula is C18H19N3O2S. The maximum Gasteiger partial charge on any atom is 0.265 e. The van der Waals surface area contributed by atoms with Crippen LogP contribution in [0.4, 0.5) is 5.69 Å². The van der Waals surface area contributed by atoms with Gasteiger partial charge in [-0.05, 0) is 30.5 Å². The smallest absolute Gasteiger partial charge is 0.265 e. The molecule has 2 aromatic carbocycles. The van der Waals surface area contributed by atoms with Crippen molar-refractivity contribution >= 4 is 15.7 Å². The number of rotatable bonds is 5. The number of nitrogens with one attached hydrogen (secondary N) is 1. The zero-order valence-electron chi connectivity index (χ0n) is 13.6. The molecule has 6 heteroatoms. The van der Waals surface area contributed by atoms with Crippen LogP contribution in [0.3, 0.4) is 0 Å². The van der Waals surface area contributed by atoms with Gasteiger partial charge in [0.25, 0.3) is 10.0 Å². The zero-order chi connectivity index (χ0) is 17.2. The summed E-state index contributed by atoms with van der Waals surface area (Å²) in [4.78, 5) is 0.194. The summed E-state index contributed by atoms with van der Waals surface area (Å²) < 4.78 is 29.5. The molecule has 0 aliphatic heterocycles. The van der Waals surface area contributed by atoms with Gasteiger partial charge in [-0.1, -0.05) is 48.5 Å². The van der Waals surface area contributed by atoms with Crippen molar-refractivity contribution < 1.29 is 8.42 Å². The molecule has 0 spiro atoms. The van der Waals surface area contributed by atoms with Gasteiger partial charge in [-0.15, -0.1) is 0 Å². The lowest BCUT2D eigenvalue weighted by Gasteiger charge is -2.12. The Hall–Kier alpha value is -2.60. The van der Waals surface area contributed by atoms with E-state index in [2.05, 4.69) is 9.82 Å². The number of hydrogen-bond donors (Lipinski definition) is 1. The molecular weight excluding hydrogens is 322 g/mol. The second-order valence-corrected chi connectivity index (χ2v) is 7.33. The van der Waals surface area contributed by atoms with Crippen LogP contribution < -0.4 is 4.72 Å². The van der Waals surface area contributed by atoms with Crippen molar-refractivity contribution in [3.8, 4) is 0 Å². The first-order valence-corrected chi connectivity index (χ1v) is 9.09. The van der Waals surface area contributed by atoms with Crippen LogP contribution in [0.1, 0.15) is 16.8 Å². The number of hydrogen-bond acceptors (Lipinski definition) is 3. The van der Waals surface area contributed by atoms with Crippen molar-refractivity contribution in [3.05, 3.63) is 77.6 Å². The second-order valence-electron chi connectivity index (χ2n) is 5.68. The fraction of sp³-hybridized carbons (Fsp3) is 0.167. The van der Waals surface area contributed by atoms with Gasteiger partial charge in [-0.2, -0.15) is 5.10 Å². The summed E-state index contributed by atoms with van der Waals surface area (Å²) >= 11 is 0. The molecule has 0 fully saturated rings. The van der Waals surface area contributed by atoms with Crippen LogP contribution in [0.25, 0.3) is 0 Å². The molecule has 3 rings (SSSR count). The number of anilines is 1. The molecule has 3 aromatic rings. The summed E-state index contributed by atoms with van der Waals surface area (Å²) in [6, 6.07) is 17.4. The topological polar surface area (TPSA) is 64.0 Å². The van der Waals surface area contributed by atoms with Crippen LogP contribution in [0.15, 0.2) is 65.7 Å². The van der Waals surface area contributed by atoms with Crippen LogP contribution in [-0.2, 0) is 23.5 Å². The molecule has 24 heavy (non-hydrogen) atoms. The van der Waals surface area contributed by atoms with E-state index >= 15 is 0 Å². The first-order chi connectivity index (χ1) is 11.5. The highest BCUT2D eigenvalue weighted by Crippen LogP contribution is 2.23. The van der Waals surface area contributed by atoms with Crippen LogP contribution in [-0.4, -0.2) is 18.2 Å². The van der Waals surface area contributed by atoms with E-state index in [0.717, 1.165) is 11.1 Å². The number of benzene rings is 2. The van der Waals surface area contributed by atoms with Gasteiger partial charge in [0.05, 0.1) is 11.4 Å². The molecule has 0 bridgehead atoms. The van der Waals surface area contributed by atoms with Crippen LogP contribution >= 0.6 is 0 Å². The summed E-state index contributed by atoms with van der Waals surface area (Å²) in [5, 5.41) is 4.11. The number of aryl methyl sites for hydroxylation is 2. The first-order valence-electron chi connectivity index (χ1n) is 7.60. The Morgan fingerprint density at radius 1 is 1.04 bits per heavy atom. The van der Waals surface area contributed by atoms with E-state index in [4.69, 9.17) is 0 Å². The third-order valence-electron chi connectivity index (χ3n) is 3.76. The Bertz CT molecular complexity index is 947. The highest BCUT2D eigenvalue weighted by atomic mass is 32.2. The summed E-state index contributed by atoms with van der Waals surface area (Å²) in [6.07, 6.45) is 2.17. The van der Waals surface area contributed by atoms with Crippen molar-refractivity contribution in [1.82, 2.24) is 9.78 Å². The van der Waals surface area contributed by atoms with Gasteiger partial charge in [-0.3, -0.25) is 9.40 Å². The van der Waals surface area contributed by atoms with E-state index in [-0.39, 0.29) is 4.90 Å². The molecule has 0 saturated heterocycles. The van der Waals surface area contributed by atoms with Gasteiger partial charge in [0, 0.05) is 13.2 Å². The van der Waals surface area contributed by atoms with Gasteiger partial charge in [-0.25, -0.2) is 8.42 Å². The highest BCUT2D eigenvalue weighted by molar-refractivity contribution is 7.92. The third-order valence-corrected chi connectivity index (χ3v) is 5.23. The van der Waals surface area contributed by atoms with Crippen LogP contribution in [0.5, 0.6) is 0 Å². The summed E-state index contributed by atoms with van der Waals surface area (Å²) in [6.45, 7) is 1.68. The van der Waals surface area contributed by atoms with E-state index in [1.807, 2.05) is 48.5 Å². The molecule has 0 aliphatic carbocycles. The number of nitrogens with zero attached hydrogens (tertiary/aromatic N) is 2. The van der Waals surface area contributed by atoms with E-state index in [1.165, 1.54) is 10.9 Å². The van der Waals surface area contributed by atoms with Crippen LogP contribution in [0.2, 0.25) is 0 Å². The minimum absolute atomic E-state index is 0.194. The molecule has 0 radical (unpaired) electrons. The van der Waals surface area contributed by atoms with Gasteiger partial charge >= 0.3 is 0 Å². The van der Waals surface area contributed by atoms with E-state index < -0.39 is 10.0 Å². The van der Waals surface area contributed by atoms with E-state index in [9.17, 15) is 8.42 Å². The predicted octanol–water partition coefficient (Wildman–Crippen LogP) is 3.12. The Balaban J connectivity index is 1.92. The molecule has 1 aromatic heterocycles. The lowest BCUT2D eigenvalue weighted by atomic mass is 10.0. The summed E-state index contributed by atoms with van der Waals surface area (Å²) in [7, 11) is -1.97. The molecule has 0 saturated carbocycles. The molecule has 5 nitrogen and oxygen atoms in total. The molecule has 1 heterocycles. The third kappa shape index (κ3) is 3.49. The van der Waals surface area contributed by atoms with Crippen molar-refractivity contribution in [3.63, 3.8) is 0 Å². The Kier molecular flexibility index (Phi) is 4.40. The van der Waals surface area contributed by atoms with Gasteiger partial charge in [0.2, 0.25) is 0 Å². The Labute approximate surface area is 142 Å². The Morgan fingerprint density at radius 3 is 2.38 bits per heavy atom. The van der Waals surface area contributed by atoms with Crippen molar-refractivity contribution in [2.75, 3.05) is 4.72 Å². The average molecular weight is 341 g/mol. The fourth-order valence-corrected chi connectivity index (χ4v) is 3.95. The second kappa shape index (κ2) is 6.49. The van der Waals surface area contributed by atoms with Gasteiger partial charge in [0.1, 0.15) is 4.90 Å². The van der Waals surface area contributed by atoms with E-state index in [1.54, 1.807) is 20.0 Å². The SMILES string of the molecule is Cc1nn(C)cc1S(=O)(=O)Nc1ccccc1Cc1ccccc1. The average Bonchev–Trinajstić information content (AvgIpc) is 2.90. The predicted molar refractivity (Wildman–Crippen MR) is 94.4 cm³/mol. The quantitative estimate of drug-likeness (QED) is 0.775. The lowest BCUT2D eigenvalue weighted by molar-refractivity contribution is 0.600. The number of aromatic nitrogens is 2. The molecule has 1 N–H and O–H groups in total. The van der Waals surface area contributed by atoms with Crippen molar-refractivity contribution in [2.45, 2.75) is 18.2 Å². The number of sulfonamides is 1. The monoisotopic (exact) mass is 341 g/mol. The molecule has 0 unspecified atom stereocenters. The largest absolute Gasteiger partial charge is 0.279 e. The minimum atomic E-state index is -3.67. The van der Waals surface area contributed by atoms with Crippen LogP contribution in [0, 0.1) is 6.92 Å². The molecule has 0 amide bonds. The Morgan fingerprint density at radius 2 is 1.71 bits per heavy atom. The molecule has 0 aliphatic rings. The van der Waals surface area contributed by atoms with Crippen molar-refractivity contribution in [2.24, 2.45) is 7.05 Å². The summed E-state index contributed by atoms with van der Waals surface area (Å²) in [5.41, 5.74) is 3.12. The maximum absolute atomic E-state index is 12.7. The standard InChI is InChI=1S/C18H19N3O2S/c1-14-18(13-21(2)19-14)24(22,23)20-17-11-7-6-10-16(17)12-15-8-4-3-5-9-15/h3-11,13,20H,12H2,1-2H3. The van der Waals surface area contributed by atoms with Gasteiger partial charge < -0.3 is 0 Å². The number of para-hydroxylation sites is 1. The first kappa shape index (κ1) is 16.3. The zero-order valence-corrected chi connectivity index (χ0v) is 14.4. The van der Waals surface area contributed by atoms with E-state index in [0.29, 0.717) is 17.8 Å². The van der Waals surface area contributed by atoms with Crippen molar-refractivity contribution in [1.29, 1.82) is 0 Å². The maximum atomic E-state index is 12.7. The minimum Gasteiger partial charge on any atom is -0.279 e. The molecule has 0 atom stereocenters. The van der Waals surface area contributed by atoms with Gasteiger partial charge in [0.15, 0.2) is 0 Å². The molecule has 124 valence electrons. The normalized spacial score (nSPS) is 11.4. The summed E-state index contributed by atoms with van der Waals surface area (Å²) in [5.74, 6) is 0. The fourth-order valence-electron chi connectivity index (χ4n) is 2.63. The lowest BCUT2D eigenvalue weighted by Crippen LogP contribution is -2.14. The highest BCUT2D eigenvalue weighted by Gasteiger charge is 2.21.